The standard InChI is InChI=1S/C27H25N5O4/c1-4-5-6-19(18(2)21-14-28-17-29-15-21)9-11-27(25(34)30-26(35)31-27)16-32-12-10-20-7-8-22(36-3)13-23(20)24(32)33/h4-8,13-15,17H,2,10,12,16H2,1,3H3,(H2,30,31,34,35)/b5-4-,19-6-/t27-/m1/s1. The minimum absolute atomic E-state index is 0.120. The lowest BCUT2D eigenvalue weighted by Gasteiger charge is -2.33. The lowest BCUT2D eigenvalue weighted by Crippen LogP contribution is -2.56. The van der Waals surface area contributed by atoms with Crippen LogP contribution >= 0.6 is 0 Å². The highest BCUT2D eigenvalue weighted by Crippen LogP contribution is 2.26. The summed E-state index contributed by atoms with van der Waals surface area (Å²) in [6.45, 7) is 6.21. The van der Waals surface area contributed by atoms with E-state index in [2.05, 4.69) is 39.0 Å². The van der Waals surface area contributed by atoms with Crippen molar-refractivity contribution >= 4 is 23.4 Å². The van der Waals surface area contributed by atoms with Crippen molar-refractivity contribution in [2.75, 3.05) is 20.2 Å². The van der Waals surface area contributed by atoms with Crippen LogP contribution in [0.2, 0.25) is 0 Å². The first-order valence-electron chi connectivity index (χ1n) is 11.3. The van der Waals surface area contributed by atoms with Crippen LogP contribution in [-0.2, 0) is 11.2 Å². The maximum atomic E-state index is 13.3. The number of methoxy groups -OCH3 is 1. The number of hydrogen-bond donors (Lipinski definition) is 2. The Labute approximate surface area is 209 Å². The fourth-order valence-corrected chi connectivity index (χ4v) is 3.99. The Kier molecular flexibility index (Phi) is 6.97. The summed E-state index contributed by atoms with van der Waals surface area (Å²) in [6, 6.07) is 4.68. The van der Waals surface area contributed by atoms with Crippen molar-refractivity contribution in [3.05, 3.63) is 84.0 Å². The highest BCUT2D eigenvalue weighted by molar-refractivity contribution is 6.10. The summed E-state index contributed by atoms with van der Waals surface area (Å²) in [7, 11) is 1.53. The quantitative estimate of drug-likeness (QED) is 0.370. The van der Waals surface area contributed by atoms with Crippen LogP contribution in [0.5, 0.6) is 5.75 Å². The van der Waals surface area contributed by atoms with Crippen LogP contribution in [0, 0.1) is 11.8 Å². The van der Waals surface area contributed by atoms with Gasteiger partial charge in [-0.2, -0.15) is 0 Å². The Morgan fingerprint density at radius 1 is 1.28 bits per heavy atom. The minimum Gasteiger partial charge on any atom is -0.497 e. The van der Waals surface area contributed by atoms with Gasteiger partial charge in [-0.25, -0.2) is 14.8 Å². The molecule has 2 N–H and O–H groups in total. The minimum atomic E-state index is -1.63. The summed E-state index contributed by atoms with van der Waals surface area (Å²) in [5.74, 6) is 5.61. The topological polar surface area (TPSA) is 114 Å². The smallest absolute Gasteiger partial charge is 0.323 e. The van der Waals surface area contributed by atoms with Gasteiger partial charge in [0.25, 0.3) is 11.8 Å². The van der Waals surface area contributed by atoms with E-state index in [4.69, 9.17) is 4.74 Å². The molecule has 9 heteroatoms. The fraction of sp³-hybridized carbons (Fsp3) is 0.222. The van der Waals surface area contributed by atoms with Crippen molar-refractivity contribution in [2.45, 2.75) is 18.9 Å². The van der Waals surface area contributed by atoms with Crippen molar-refractivity contribution in [3.8, 4) is 17.6 Å². The Bertz CT molecular complexity index is 1350. The van der Waals surface area contributed by atoms with Crippen molar-refractivity contribution in [3.63, 3.8) is 0 Å². The molecule has 0 bridgehead atoms. The molecular formula is C27H25N5O4. The van der Waals surface area contributed by atoms with E-state index < -0.39 is 17.5 Å². The van der Waals surface area contributed by atoms with Crippen LogP contribution in [0.4, 0.5) is 4.79 Å². The lowest BCUT2D eigenvalue weighted by atomic mass is 9.93. The molecule has 2 aromatic rings. The number of imide groups is 1. The summed E-state index contributed by atoms with van der Waals surface area (Å²) in [4.78, 5) is 48.0. The maximum Gasteiger partial charge on any atom is 0.323 e. The number of rotatable bonds is 6. The van der Waals surface area contributed by atoms with E-state index >= 15 is 0 Å². The first-order valence-corrected chi connectivity index (χ1v) is 11.3. The Morgan fingerprint density at radius 2 is 2.06 bits per heavy atom. The number of hydrogen-bond acceptors (Lipinski definition) is 6. The molecule has 36 heavy (non-hydrogen) atoms. The van der Waals surface area contributed by atoms with Gasteiger partial charge in [0.15, 0.2) is 0 Å². The second-order valence-electron chi connectivity index (χ2n) is 8.28. The highest BCUT2D eigenvalue weighted by Gasteiger charge is 2.47. The molecule has 0 spiro atoms. The first-order chi connectivity index (χ1) is 17.4. The third-order valence-corrected chi connectivity index (χ3v) is 5.96. The number of fused-ring (bicyclic) bond motifs is 1. The van der Waals surface area contributed by atoms with Crippen LogP contribution in [0.15, 0.2) is 67.3 Å². The van der Waals surface area contributed by atoms with Gasteiger partial charge in [0, 0.05) is 35.6 Å². The van der Waals surface area contributed by atoms with Gasteiger partial charge in [-0.15, -0.1) is 0 Å². The molecule has 1 aromatic heterocycles. The summed E-state index contributed by atoms with van der Waals surface area (Å²) in [5, 5.41) is 4.88. The SMILES string of the molecule is C=C(/C(C#C[C@]1(CN2CCc3ccc(OC)cc3C2=O)NC(=O)NC1=O)=C\C=C/C)c1cncnc1. The molecular weight excluding hydrogens is 458 g/mol. The molecule has 0 saturated carbocycles. The maximum absolute atomic E-state index is 13.3. The third kappa shape index (κ3) is 4.88. The van der Waals surface area contributed by atoms with Gasteiger partial charge in [-0.05, 0) is 42.7 Å². The van der Waals surface area contributed by atoms with Crippen LogP contribution < -0.4 is 15.4 Å². The van der Waals surface area contributed by atoms with Gasteiger partial charge in [0.1, 0.15) is 12.1 Å². The number of carbonyl (C=O) groups excluding carboxylic acids is 3. The number of nitrogens with one attached hydrogen (secondary N) is 2. The van der Waals surface area contributed by atoms with Crippen molar-refractivity contribution in [2.24, 2.45) is 0 Å². The van der Waals surface area contributed by atoms with Crippen LogP contribution in [-0.4, -0.2) is 58.5 Å². The number of ether oxygens (including phenoxy) is 1. The second kappa shape index (κ2) is 10.3. The zero-order valence-corrected chi connectivity index (χ0v) is 20.0. The molecule has 1 atom stereocenters. The van der Waals surface area contributed by atoms with Crippen molar-refractivity contribution in [1.29, 1.82) is 0 Å². The molecule has 2 aliphatic rings. The number of carbonyl (C=O) groups is 3. The highest BCUT2D eigenvalue weighted by atomic mass is 16.5. The average Bonchev–Trinajstić information content (AvgIpc) is 3.18. The Hall–Kier alpha value is -4.71. The number of nitrogens with zero attached hydrogens (tertiary/aromatic N) is 3. The van der Waals surface area contributed by atoms with Gasteiger partial charge >= 0.3 is 6.03 Å². The van der Waals surface area contributed by atoms with E-state index in [1.807, 2.05) is 25.1 Å². The van der Waals surface area contributed by atoms with Crippen LogP contribution in [0.25, 0.3) is 5.57 Å². The van der Waals surface area contributed by atoms with Crippen molar-refractivity contribution < 1.29 is 19.1 Å². The first kappa shape index (κ1) is 24.4. The van der Waals surface area contributed by atoms with Gasteiger partial charge < -0.3 is 15.0 Å². The van der Waals surface area contributed by atoms with Gasteiger partial charge in [-0.1, -0.05) is 36.6 Å². The van der Waals surface area contributed by atoms with Crippen LogP contribution in [0.3, 0.4) is 0 Å². The number of aromatic nitrogens is 2. The van der Waals surface area contributed by atoms with E-state index in [1.54, 1.807) is 30.6 Å². The molecule has 1 aromatic carbocycles. The summed E-state index contributed by atoms with van der Waals surface area (Å²) < 4.78 is 5.26. The molecule has 0 unspecified atom stereocenters. The summed E-state index contributed by atoms with van der Waals surface area (Å²) >= 11 is 0. The predicted octanol–water partition coefficient (Wildman–Crippen LogP) is 2.28. The molecule has 1 fully saturated rings. The molecule has 182 valence electrons. The summed E-state index contributed by atoms with van der Waals surface area (Å²) in [5.41, 5.74) is 1.49. The third-order valence-electron chi connectivity index (χ3n) is 5.96. The molecule has 4 rings (SSSR count). The zero-order valence-electron chi connectivity index (χ0n) is 20.0. The van der Waals surface area contributed by atoms with E-state index in [0.29, 0.717) is 41.0 Å². The molecule has 9 nitrogen and oxygen atoms in total. The normalized spacial score (nSPS) is 19.3. The average molecular weight is 484 g/mol. The molecule has 0 aliphatic carbocycles. The Morgan fingerprint density at radius 3 is 2.72 bits per heavy atom. The fourth-order valence-electron chi connectivity index (χ4n) is 3.99. The molecule has 4 amide bonds. The molecule has 3 heterocycles. The van der Waals surface area contributed by atoms with Gasteiger partial charge in [0.05, 0.1) is 13.7 Å². The molecule has 2 aliphatic heterocycles. The summed E-state index contributed by atoms with van der Waals surface area (Å²) in [6.07, 6.45) is 10.6. The monoisotopic (exact) mass is 483 g/mol. The van der Waals surface area contributed by atoms with E-state index in [-0.39, 0.29) is 12.5 Å². The molecule has 0 radical (unpaired) electrons. The van der Waals surface area contributed by atoms with E-state index in [1.165, 1.54) is 18.3 Å². The number of amides is 4. The van der Waals surface area contributed by atoms with E-state index in [0.717, 1.165) is 5.56 Å². The number of allylic oxidation sites excluding steroid dienone is 5. The van der Waals surface area contributed by atoms with E-state index in [9.17, 15) is 14.4 Å². The largest absolute Gasteiger partial charge is 0.497 e. The van der Waals surface area contributed by atoms with Gasteiger partial charge in [0.2, 0.25) is 5.54 Å². The Balaban J connectivity index is 1.69. The van der Waals surface area contributed by atoms with Crippen molar-refractivity contribution in [1.82, 2.24) is 25.5 Å². The molecule has 1 saturated heterocycles. The zero-order chi connectivity index (χ0) is 25.7. The van der Waals surface area contributed by atoms with Gasteiger partial charge in [-0.3, -0.25) is 14.9 Å². The second-order valence-corrected chi connectivity index (χ2v) is 8.28. The number of urea groups is 1. The number of benzene rings is 1. The van der Waals surface area contributed by atoms with Crippen LogP contribution in [0.1, 0.15) is 28.4 Å². The lowest BCUT2D eigenvalue weighted by molar-refractivity contribution is -0.122. The predicted molar refractivity (Wildman–Crippen MR) is 134 cm³/mol.